The molecular weight excluding hydrogens is 281 g/mol. The van der Waals surface area contributed by atoms with Gasteiger partial charge in [0.05, 0.1) is 23.3 Å². The molecule has 2 heterocycles. The predicted octanol–water partition coefficient (Wildman–Crippen LogP) is 1.45. The van der Waals surface area contributed by atoms with E-state index >= 15 is 0 Å². The number of carbonyl (C=O) groups is 1. The molecule has 0 bridgehead atoms. The summed E-state index contributed by atoms with van der Waals surface area (Å²) >= 11 is 0. The van der Waals surface area contributed by atoms with Crippen LogP contribution in [0.25, 0.3) is 0 Å². The van der Waals surface area contributed by atoms with E-state index in [1.54, 1.807) is 18.0 Å². The average molecular weight is 303 g/mol. The van der Waals surface area contributed by atoms with Crippen LogP contribution in [0.1, 0.15) is 38.1 Å². The van der Waals surface area contributed by atoms with Crippen LogP contribution in [0.5, 0.6) is 5.75 Å². The second kappa shape index (κ2) is 5.00. The number of rotatable bonds is 1. The summed E-state index contributed by atoms with van der Waals surface area (Å²) in [5.41, 5.74) is 0.679. The predicted molar refractivity (Wildman–Crippen MR) is 84.6 cm³/mol. The molecule has 22 heavy (non-hydrogen) atoms. The minimum Gasteiger partial charge on any atom is -0.491 e. The van der Waals surface area contributed by atoms with Crippen molar-refractivity contribution < 1.29 is 18.8 Å². The molecule has 0 aromatic heterocycles. The highest BCUT2D eigenvalue weighted by Crippen LogP contribution is 2.36. The van der Waals surface area contributed by atoms with Gasteiger partial charge in [-0.25, -0.2) is 0 Å². The largest absolute Gasteiger partial charge is 0.494 e. The fourth-order valence-electron chi connectivity index (χ4n) is 2.56. The molecule has 2 aliphatic rings. The summed E-state index contributed by atoms with van der Waals surface area (Å²) in [6.45, 7) is 9.15. The topological polar surface area (TPSA) is 48.0 Å². The summed E-state index contributed by atoms with van der Waals surface area (Å²) in [6, 6.07) is 5.52. The van der Waals surface area contributed by atoms with Crippen LogP contribution in [0, 0.1) is 0 Å². The van der Waals surface area contributed by atoms with E-state index in [0.29, 0.717) is 24.5 Å². The van der Waals surface area contributed by atoms with Crippen molar-refractivity contribution in [1.29, 1.82) is 0 Å². The fourth-order valence-corrected chi connectivity index (χ4v) is 2.56. The van der Waals surface area contributed by atoms with Crippen molar-refractivity contribution in [3.63, 3.8) is 0 Å². The first-order valence-electron chi connectivity index (χ1n) is 7.59. The summed E-state index contributed by atoms with van der Waals surface area (Å²) in [5.74, 6) is 0.578. The number of carbonyl (C=O) groups excluding carboxylic acids is 1. The Hall–Kier alpha value is -1.53. The molecule has 0 aliphatic carbocycles. The van der Waals surface area contributed by atoms with Gasteiger partial charge in [-0.2, -0.15) is 0 Å². The van der Waals surface area contributed by atoms with Gasteiger partial charge in [0.25, 0.3) is 5.91 Å². The first-order chi connectivity index (χ1) is 10.2. The van der Waals surface area contributed by atoms with Crippen LogP contribution in [0.4, 0.5) is 0 Å². The van der Waals surface area contributed by atoms with Crippen LogP contribution in [-0.4, -0.2) is 49.3 Å². The van der Waals surface area contributed by atoms with Gasteiger partial charge >= 0.3 is 7.12 Å². The molecule has 5 nitrogen and oxygen atoms in total. The maximum absolute atomic E-state index is 12.3. The van der Waals surface area contributed by atoms with Crippen molar-refractivity contribution >= 4 is 18.5 Å². The Balaban J connectivity index is 1.92. The van der Waals surface area contributed by atoms with E-state index in [0.717, 1.165) is 5.46 Å². The first kappa shape index (κ1) is 15.4. The van der Waals surface area contributed by atoms with Crippen molar-refractivity contribution in [1.82, 2.24) is 4.90 Å². The van der Waals surface area contributed by atoms with Gasteiger partial charge in [0, 0.05) is 7.05 Å². The van der Waals surface area contributed by atoms with Gasteiger partial charge in [0.1, 0.15) is 12.4 Å². The smallest absolute Gasteiger partial charge is 0.491 e. The number of hydrogen-bond acceptors (Lipinski definition) is 4. The molecule has 118 valence electrons. The minimum absolute atomic E-state index is 0.0204. The van der Waals surface area contributed by atoms with Gasteiger partial charge in [0.2, 0.25) is 0 Å². The van der Waals surface area contributed by atoms with E-state index in [1.165, 1.54) is 0 Å². The molecule has 0 unspecified atom stereocenters. The van der Waals surface area contributed by atoms with Crippen LogP contribution in [0.2, 0.25) is 0 Å². The maximum atomic E-state index is 12.3. The zero-order valence-electron chi connectivity index (χ0n) is 13.8. The highest BCUT2D eigenvalue weighted by Gasteiger charge is 2.51. The Labute approximate surface area is 131 Å². The second-order valence-electron chi connectivity index (χ2n) is 6.92. The van der Waals surface area contributed by atoms with Crippen molar-refractivity contribution in [3.05, 3.63) is 23.8 Å². The molecule has 2 aliphatic heterocycles. The maximum Gasteiger partial charge on any atom is 0.494 e. The van der Waals surface area contributed by atoms with Crippen LogP contribution in [-0.2, 0) is 9.31 Å². The van der Waals surface area contributed by atoms with Crippen LogP contribution >= 0.6 is 0 Å². The second-order valence-corrected chi connectivity index (χ2v) is 6.92. The fraction of sp³-hybridized carbons (Fsp3) is 0.562. The molecular formula is C16H22BNO4. The Kier molecular flexibility index (Phi) is 3.49. The van der Waals surface area contributed by atoms with Crippen molar-refractivity contribution in [2.75, 3.05) is 20.2 Å². The quantitative estimate of drug-likeness (QED) is 0.737. The van der Waals surface area contributed by atoms with Gasteiger partial charge in [-0.1, -0.05) is 6.07 Å². The third-order valence-corrected chi connectivity index (χ3v) is 4.79. The monoisotopic (exact) mass is 303 g/mol. The Morgan fingerprint density at radius 1 is 1.14 bits per heavy atom. The average Bonchev–Trinajstić information content (AvgIpc) is 2.56. The first-order valence-corrected chi connectivity index (χ1v) is 7.59. The van der Waals surface area contributed by atoms with Crippen LogP contribution < -0.4 is 10.2 Å². The van der Waals surface area contributed by atoms with E-state index in [1.807, 2.05) is 39.8 Å². The van der Waals surface area contributed by atoms with E-state index < -0.39 is 7.12 Å². The number of nitrogens with zero attached hydrogens (tertiary/aromatic N) is 1. The third-order valence-electron chi connectivity index (χ3n) is 4.79. The summed E-state index contributed by atoms with van der Waals surface area (Å²) < 4.78 is 17.8. The van der Waals surface area contributed by atoms with Gasteiger partial charge in [-0.3, -0.25) is 4.79 Å². The molecule has 6 heteroatoms. The number of benzene rings is 1. The molecule has 0 N–H and O–H groups in total. The van der Waals surface area contributed by atoms with Gasteiger partial charge in [-0.15, -0.1) is 0 Å². The molecule has 0 atom stereocenters. The molecule has 1 fully saturated rings. The molecule has 0 saturated carbocycles. The Bertz CT molecular complexity index is 598. The normalized spacial score (nSPS) is 23.0. The van der Waals surface area contributed by atoms with E-state index in [-0.39, 0.29) is 17.1 Å². The van der Waals surface area contributed by atoms with Crippen molar-refractivity contribution in [2.24, 2.45) is 0 Å². The standard InChI is InChI=1S/C16H22BNO4/c1-15(2)16(3,4)22-17(21-15)11-6-7-12-13(10-11)20-9-8-18(5)14(12)19/h6-7,10H,8-9H2,1-5H3. The Morgan fingerprint density at radius 3 is 2.41 bits per heavy atom. The minimum atomic E-state index is -0.449. The molecule has 1 aromatic rings. The zero-order valence-corrected chi connectivity index (χ0v) is 13.8. The molecule has 0 radical (unpaired) electrons. The van der Waals surface area contributed by atoms with Gasteiger partial charge < -0.3 is 18.9 Å². The van der Waals surface area contributed by atoms with Gasteiger partial charge in [0.15, 0.2) is 0 Å². The van der Waals surface area contributed by atoms with E-state index in [4.69, 9.17) is 14.0 Å². The van der Waals surface area contributed by atoms with E-state index in [9.17, 15) is 4.79 Å². The number of ether oxygens (including phenoxy) is 1. The SMILES string of the molecule is CN1CCOc2cc(B3OC(C)(C)C(C)(C)O3)ccc2C1=O. The highest BCUT2D eigenvalue weighted by molar-refractivity contribution is 6.62. The number of likely N-dealkylation sites (N-methyl/N-ethyl adjacent to an activating group) is 1. The van der Waals surface area contributed by atoms with E-state index in [2.05, 4.69) is 0 Å². The zero-order chi connectivity index (χ0) is 16.1. The van der Waals surface area contributed by atoms with Crippen LogP contribution in [0.15, 0.2) is 18.2 Å². The number of hydrogen-bond donors (Lipinski definition) is 0. The highest BCUT2D eigenvalue weighted by atomic mass is 16.7. The molecule has 3 rings (SSSR count). The van der Waals surface area contributed by atoms with Crippen molar-refractivity contribution in [2.45, 2.75) is 38.9 Å². The lowest BCUT2D eigenvalue weighted by atomic mass is 9.78. The molecule has 1 aromatic carbocycles. The molecule has 0 spiro atoms. The summed E-state index contributed by atoms with van der Waals surface area (Å²) in [7, 11) is 1.33. The third kappa shape index (κ3) is 2.40. The lowest BCUT2D eigenvalue weighted by molar-refractivity contribution is 0.00578. The lowest BCUT2D eigenvalue weighted by Gasteiger charge is -2.32. The number of amides is 1. The summed E-state index contributed by atoms with van der Waals surface area (Å²) in [5, 5.41) is 0. The van der Waals surface area contributed by atoms with Gasteiger partial charge in [-0.05, 0) is 45.3 Å². The van der Waals surface area contributed by atoms with Crippen molar-refractivity contribution in [3.8, 4) is 5.75 Å². The lowest BCUT2D eigenvalue weighted by Crippen LogP contribution is -2.41. The molecule has 1 amide bonds. The number of fused-ring (bicyclic) bond motifs is 1. The summed E-state index contributed by atoms with van der Waals surface area (Å²) in [6.07, 6.45) is 0. The summed E-state index contributed by atoms with van der Waals surface area (Å²) in [4.78, 5) is 13.9. The van der Waals surface area contributed by atoms with Crippen LogP contribution in [0.3, 0.4) is 0 Å². The molecule has 1 saturated heterocycles. The Morgan fingerprint density at radius 2 is 1.77 bits per heavy atom.